The largest absolute Gasteiger partial charge is 0.348 e. The lowest BCUT2D eigenvalue weighted by Gasteiger charge is -2.26. The summed E-state index contributed by atoms with van der Waals surface area (Å²) in [5.74, 6) is 0. The number of benzene rings is 1. The van der Waals surface area contributed by atoms with Gasteiger partial charge in [-0.25, -0.2) is 0 Å². The van der Waals surface area contributed by atoms with E-state index in [0.29, 0.717) is 0 Å². The van der Waals surface area contributed by atoms with Crippen LogP contribution in [-0.2, 0) is 5.41 Å². The maximum Gasteiger partial charge on any atom is 0.0405 e. The summed E-state index contributed by atoms with van der Waals surface area (Å²) in [6, 6.07) is 8.97. The normalized spacial score (nSPS) is 13.5. The van der Waals surface area contributed by atoms with Gasteiger partial charge in [-0.3, -0.25) is 0 Å². The van der Waals surface area contributed by atoms with Gasteiger partial charge in [-0.1, -0.05) is 58.9 Å². The Hall–Kier alpha value is -1.50. The van der Waals surface area contributed by atoms with Gasteiger partial charge in [0.2, 0.25) is 0 Å². The van der Waals surface area contributed by atoms with E-state index in [9.17, 15) is 0 Å². The summed E-state index contributed by atoms with van der Waals surface area (Å²) in [5, 5.41) is 0. The van der Waals surface area contributed by atoms with Gasteiger partial charge in [0.15, 0.2) is 0 Å². The van der Waals surface area contributed by atoms with Gasteiger partial charge in [0, 0.05) is 18.4 Å². The van der Waals surface area contributed by atoms with E-state index in [2.05, 4.69) is 89.9 Å². The molecule has 0 saturated heterocycles. The van der Waals surface area contributed by atoms with Crippen LogP contribution in [0.5, 0.6) is 0 Å². The standard InChI is InChI=1S/C20H31N/c1-8-11-16(9-2)19(10-3)21(7)18-14-12-17(13-15-18)20(4,5)6/h8,11-15H,9-10H2,1-7H3/b11-8-,19-16+. The van der Waals surface area contributed by atoms with Crippen molar-refractivity contribution in [2.75, 3.05) is 11.9 Å². The zero-order valence-corrected chi connectivity index (χ0v) is 14.8. The van der Waals surface area contributed by atoms with Gasteiger partial charge in [0.05, 0.1) is 0 Å². The lowest BCUT2D eigenvalue weighted by molar-refractivity contribution is 0.590. The first-order chi connectivity index (χ1) is 9.85. The number of nitrogens with zero attached hydrogens (tertiary/aromatic N) is 1. The van der Waals surface area contributed by atoms with Crippen LogP contribution in [0, 0.1) is 0 Å². The number of allylic oxidation sites excluding steroid dienone is 4. The van der Waals surface area contributed by atoms with Crippen molar-refractivity contribution in [1.29, 1.82) is 0 Å². The van der Waals surface area contributed by atoms with E-state index >= 15 is 0 Å². The highest BCUT2D eigenvalue weighted by Crippen LogP contribution is 2.28. The van der Waals surface area contributed by atoms with E-state index in [0.717, 1.165) is 12.8 Å². The van der Waals surface area contributed by atoms with E-state index in [1.807, 2.05) is 0 Å². The molecule has 1 heteroatoms. The molecule has 1 aromatic rings. The van der Waals surface area contributed by atoms with Crippen LogP contribution in [0.3, 0.4) is 0 Å². The highest BCUT2D eigenvalue weighted by atomic mass is 15.1. The Labute approximate surface area is 131 Å². The van der Waals surface area contributed by atoms with Crippen molar-refractivity contribution in [3.05, 3.63) is 53.3 Å². The fourth-order valence-corrected chi connectivity index (χ4v) is 2.64. The molecule has 0 aliphatic carbocycles. The molecule has 0 saturated carbocycles. The highest BCUT2D eigenvalue weighted by Gasteiger charge is 2.14. The number of hydrogen-bond acceptors (Lipinski definition) is 1. The lowest BCUT2D eigenvalue weighted by atomic mass is 9.87. The van der Waals surface area contributed by atoms with E-state index in [1.165, 1.54) is 22.5 Å². The van der Waals surface area contributed by atoms with E-state index < -0.39 is 0 Å². The van der Waals surface area contributed by atoms with Crippen LogP contribution in [0.2, 0.25) is 0 Å². The molecule has 116 valence electrons. The van der Waals surface area contributed by atoms with Gasteiger partial charge in [0.1, 0.15) is 0 Å². The smallest absolute Gasteiger partial charge is 0.0405 e. The van der Waals surface area contributed by atoms with Crippen molar-refractivity contribution in [1.82, 2.24) is 0 Å². The first-order valence-electron chi connectivity index (χ1n) is 8.04. The van der Waals surface area contributed by atoms with E-state index in [1.54, 1.807) is 0 Å². The van der Waals surface area contributed by atoms with Crippen molar-refractivity contribution >= 4 is 5.69 Å². The minimum atomic E-state index is 0.208. The molecule has 0 aliphatic heterocycles. The molecule has 0 amide bonds. The molecular weight excluding hydrogens is 254 g/mol. The van der Waals surface area contributed by atoms with Crippen molar-refractivity contribution in [3.63, 3.8) is 0 Å². The first kappa shape index (κ1) is 17.6. The third kappa shape index (κ3) is 4.49. The first-order valence-corrected chi connectivity index (χ1v) is 8.04. The molecule has 0 spiro atoms. The maximum absolute atomic E-state index is 2.32. The SMILES string of the molecule is C/C=C\C(CC)=C(/CC)N(C)c1ccc(C(C)(C)C)cc1. The van der Waals surface area contributed by atoms with Gasteiger partial charge in [-0.2, -0.15) is 0 Å². The maximum atomic E-state index is 2.32. The van der Waals surface area contributed by atoms with Crippen LogP contribution >= 0.6 is 0 Å². The van der Waals surface area contributed by atoms with Crippen LogP contribution in [0.15, 0.2) is 47.7 Å². The Balaban J connectivity index is 3.14. The monoisotopic (exact) mass is 285 g/mol. The third-order valence-electron chi connectivity index (χ3n) is 3.98. The summed E-state index contributed by atoms with van der Waals surface area (Å²) in [5.41, 5.74) is 5.67. The Bertz CT molecular complexity index is 498. The Kier molecular flexibility index (Phi) is 6.26. The molecule has 0 fully saturated rings. The molecule has 0 radical (unpaired) electrons. The topological polar surface area (TPSA) is 3.24 Å². The molecule has 0 unspecified atom stereocenters. The molecule has 0 bridgehead atoms. The van der Waals surface area contributed by atoms with Crippen LogP contribution in [0.1, 0.15) is 59.9 Å². The van der Waals surface area contributed by atoms with Gasteiger partial charge < -0.3 is 4.90 Å². The molecule has 0 N–H and O–H groups in total. The summed E-state index contributed by atoms with van der Waals surface area (Å²) in [6.45, 7) is 13.3. The number of hydrogen-bond donors (Lipinski definition) is 0. The van der Waals surface area contributed by atoms with Gasteiger partial charge in [-0.05, 0) is 48.4 Å². The van der Waals surface area contributed by atoms with Crippen LogP contribution in [0.25, 0.3) is 0 Å². The molecule has 21 heavy (non-hydrogen) atoms. The Morgan fingerprint density at radius 1 is 1.05 bits per heavy atom. The minimum Gasteiger partial charge on any atom is -0.348 e. The minimum absolute atomic E-state index is 0.208. The zero-order chi connectivity index (χ0) is 16.0. The molecule has 0 aliphatic rings. The molecule has 1 nitrogen and oxygen atoms in total. The van der Waals surface area contributed by atoms with Gasteiger partial charge in [-0.15, -0.1) is 0 Å². The molecule has 0 heterocycles. The second-order valence-corrected chi connectivity index (χ2v) is 6.53. The second kappa shape index (κ2) is 7.49. The summed E-state index contributed by atoms with van der Waals surface area (Å²) in [7, 11) is 2.17. The number of rotatable bonds is 5. The van der Waals surface area contributed by atoms with Crippen LogP contribution < -0.4 is 4.90 Å². The summed E-state index contributed by atoms with van der Waals surface area (Å²) in [6.07, 6.45) is 6.48. The Morgan fingerprint density at radius 3 is 2.00 bits per heavy atom. The fourth-order valence-electron chi connectivity index (χ4n) is 2.64. The summed E-state index contributed by atoms with van der Waals surface area (Å²) >= 11 is 0. The molecular formula is C20H31N. The third-order valence-corrected chi connectivity index (χ3v) is 3.98. The Morgan fingerprint density at radius 2 is 1.62 bits per heavy atom. The molecule has 0 atom stereocenters. The quantitative estimate of drug-likeness (QED) is 0.593. The summed E-state index contributed by atoms with van der Waals surface area (Å²) < 4.78 is 0. The van der Waals surface area contributed by atoms with E-state index in [4.69, 9.17) is 0 Å². The number of anilines is 1. The van der Waals surface area contributed by atoms with Crippen molar-refractivity contribution in [3.8, 4) is 0 Å². The molecule has 0 aromatic heterocycles. The highest BCUT2D eigenvalue weighted by molar-refractivity contribution is 5.54. The van der Waals surface area contributed by atoms with Crippen LogP contribution in [0.4, 0.5) is 5.69 Å². The summed E-state index contributed by atoms with van der Waals surface area (Å²) in [4.78, 5) is 2.32. The van der Waals surface area contributed by atoms with Crippen molar-refractivity contribution < 1.29 is 0 Å². The lowest BCUT2D eigenvalue weighted by Crippen LogP contribution is -2.18. The molecule has 1 aromatic carbocycles. The average molecular weight is 285 g/mol. The average Bonchev–Trinajstić information content (AvgIpc) is 2.46. The van der Waals surface area contributed by atoms with Crippen LogP contribution in [-0.4, -0.2) is 7.05 Å². The van der Waals surface area contributed by atoms with Crippen molar-refractivity contribution in [2.24, 2.45) is 0 Å². The molecule has 1 rings (SSSR count). The van der Waals surface area contributed by atoms with Gasteiger partial charge in [0.25, 0.3) is 0 Å². The predicted octanol–water partition coefficient (Wildman–Crippen LogP) is 6.07. The predicted molar refractivity (Wildman–Crippen MR) is 96.0 cm³/mol. The van der Waals surface area contributed by atoms with E-state index in [-0.39, 0.29) is 5.41 Å². The second-order valence-electron chi connectivity index (χ2n) is 6.53. The fraction of sp³-hybridized carbons (Fsp3) is 0.500. The zero-order valence-electron chi connectivity index (χ0n) is 14.8. The van der Waals surface area contributed by atoms with Gasteiger partial charge >= 0.3 is 0 Å². The van der Waals surface area contributed by atoms with Crippen molar-refractivity contribution in [2.45, 2.75) is 59.8 Å².